The van der Waals surface area contributed by atoms with Crippen LogP contribution in [0.15, 0.2) is 21.9 Å². The van der Waals surface area contributed by atoms with Crippen molar-refractivity contribution in [1.29, 1.82) is 0 Å². The molecule has 4 atom stereocenters. The quantitative estimate of drug-likeness (QED) is 0.582. The maximum Gasteiger partial charge on any atom is 0.472 e. The summed E-state index contributed by atoms with van der Waals surface area (Å²) in [6.07, 6.45) is -1.40. The number of H-pyrrole nitrogens is 1. The van der Waals surface area contributed by atoms with Gasteiger partial charge in [0, 0.05) is 18.7 Å². The van der Waals surface area contributed by atoms with Crippen molar-refractivity contribution in [3.8, 4) is 0 Å². The molecule has 10 nitrogen and oxygen atoms in total. The lowest BCUT2D eigenvalue weighted by atomic mass is 10.2. The van der Waals surface area contributed by atoms with Crippen molar-refractivity contribution in [2.75, 3.05) is 13.2 Å². The molecule has 0 radical (unpaired) electrons. The summed E-state index contributed by atoms with van der Waals surface area (Å²) in [5, 5.41) is 9.28. The molecule has 0 bridgehead atoms. The minimum atomic E-state index is -4.27. The molecular formula is C11H17N2O8P. The minimum Gasteiger partial charge on any atom is -0.394 e. The first kappa shape index (κ1) is 17.1. The average Bonchev–Trinajstić information content (AvgIpc) is 2.80. The third-order valence-electron chi connectivity index (χ3n) is 3.08. The highest BCUT2D eigenvalue weighted by atomic mass is 31.2. The molecule has 1 aromatic heterocycles. The molecule has 0 saturated carbocycles. The Morgan fingerprint density at radius 3 is 2.86 bits per heavy atom. The lowest BCUT2D eigenvalue weighted by Crippen LogP contribution is -2.31. The molecule has 2 heterocycles. The molecule has 1 unspecified atom stereocenters. The van der Waals surface area contributed by atoms with Gasteiger partial charge in [-0.3, -0.25) is 23.4 Å². The normalized spacial score (nSPS) is 27.7. The first-order valence-electron chi connectivity index (χ1n) is 6.60. The van der Waals surface area contributed by atoms with E-state index in [9.17, 15) is 24.2 Å². The van der Waals surface area contributed by atoms with Gasteiger partial charge in [-0.15, -0.1) is 0 Å². The molecule has 1 aliphatic heterocycles. The van der Waals surface area contributed by atoms with Crippen LogP contribution in [0, 0.1) is 0 Å². The molecule has 124 valence electrons. The zero-order valence-electron chi connectivity index (χ0n) is 11.7. The van der Waals surface area contributed by atoms with Crippen molar-refractivity contribution in [2.45, 2.75) is 31.8 Å². The van der Waals surface area contributed by atoms with Gasteiger partial charge < -0.3 is 14.7 Å². The topological polar surface area (TPSA) is 140 Å². The SMILES string of the molecule is CCOP(=O)(O)O[C@H]1C[C@H](n2ccc(=O)[nH]c2=O)O[C@@H]1CO. The molecule has 1 aromatic rings. The molecular weight excluding hydrogens is 319 g/mol. The van der Waals surface area contributed by atoms with E-state index in [-0.39, 0.29) is 13.0 Å². The van der Waals surface area contributed by atoms with Crippen molar-refractivity contribution >= 4 is 7.82 Å². The van der Waals surface area contributed by atoms with Gasteiger partial charge in [0.2, 0.25) is 0 Å². The van der Waals surface area contributed by atoms with Gasteiger partial charge in [-0.05, 0) is 6.92 Å². The molecule has 0 aliphatic carbocycles. The number of aliphatic hydroxyl groups excluding tert-OH is 1. The Hall–Kier alpha value is -1.29. The summed E-state index contributed by atoms with van der Waals surface area (Å²) in [6.45, 7) is 1.04. The molecule has 11 heteroatoms. The Morgan fingerprint density at radius 1 is 1.55 bits per heavy atom. The molecule has 3 N–H and O–H groups in total. The highest BCUT2D eigenvalue weighted by molar-refractivity contribution is 7.47. The van der Waals surface area contributed by atoms with Gasteiger partial charge in [-0.2, -0.15) is 0 Å². The number of rotatable bonds is 6. The molecule has 2 rings (SSSR count). The molecule has 1 saturated heterocycles. The second-order valence-corrected chi connectivity index (χ2v) is 6.00. The molecule has 0 aromatic carbocycles. The van der Waals surface area contributed by atoms with Crippen LogP contribution in [0.3, 0.4) is 0 Å². The number of hydrogen-bond acceptors (Lipinski definition) is 7. The Balaban J connectivity index is 2.17. The van der Waals surface area contributed by atoms with Gasteiger partial charge in [-0.25, -0.2) is 9.36 Å². The van der Waals surface area contributed by atoms with Crippen LogP contribution in [0.4, 0.5) is 0 Å². The smallest absolute Gasteiger partial charge is 0.394 e. The largest absolute Gasteiger partial charge is 0.472 e. The fourth-order valence-electron chi connectivity index (χ4n) is 2.16. The second-order valence-electron chi connectivity index (χ2n) is 4.60. The van der Waals surface area contributed by atoms with Crippen LogP contribution in [0.1, 0.15) is 19.6 Å². The third kappa shape index (κ3) is 3.92. The van der Waals surface area contributed by atoms with Gasteiger partial charge in [0.1, 0.15) is 18.4 Å². The third-order valence-corrected chi connectivity index (χ3v) is 4.20. The van der Waals surface area contributed by atoms with Crippen LogP contribution in [0.5, 0.6) is 0 Å². The first-order chi connectivity index (χ1) is 10.4. The van der Waals surface area contributed by atoms with Crippen molar-refractivity contribution in [1.82, 2.24) is 9.55 Å². The average molecular weight is 336 g/mol. The van der Waals surface area contributed by atoms with E-state index in [4.69, 9.17) is 9.26 Å². The van der Waals surface area contributed by atoms with Gasteiger partial charge in [0.15, 0.2) is 0 Å². The molecule has 1 fully saturated rings. The van der Waals surface area contributed by atoms with Gasteiger partial charge in [0.05, 0.1) is 13.2 Å². The predicted octanol–water partition coefficient (Wildman–Crippen LogP) is -0.662. The number of aromatic nitrogens is 2. The summed E-state index contributed by atoms with van der Waals surface area (Å²) < 4.78 is 27.8. The standard InChI is InChI=1S/C11H17N2O8P/c1-2-19-22(17,18)21-7-5-10(20-8(7)6-14)13-4-3-9(15)12-11(13)16/h3-4,7-8,10,14H,2,5-6H2,1H3,(H,17,18)(H,12,15,16)/t7-,8+,10+/m0/s1. The van der Waals surface area contributed by atoms with E-state index in [2.05, 4.69) is 9.51 Å². The highest BCUT2D eigenvalue weighted by Crippen LogP contribution is 2.47. The number of ether oxygens (including phenoxy) is 1. The van der Waals surface area contributed by atoms with Crippen molar-refractivity contribution in [2.24, 2.45) is 0 Å². The molecule has 0 spiro atoms. The van der Waals surface area contributed by atoms with Gasteiger partial charge in [0.25, 0.3) is 5.56 Å². The fourth-order valence-corrected chi connectivity index (χ4v) is 3.12. The second kappa shape index (κ2) is 6.86. The van der Waals surface area contributed by atoms with Crippen LogP contribution >= 0.6 is 7.82 Å². The molecule has 0 amide bonds. The first-order valence-corrected chi connectivity index (χ1v) is 8.09. The zero-order valence-corrected chi connectivity index (χ0v) is 12.6. The van der Waals surface area contributed by atoms with E-state index in [0.29, 0.717) is 0 Å². The number of aromatic amines is 1. The molecule has 22 heavy (non-hydrogen) atoms. The number of phosphoric ester groups is 1. The van der Waals surface area contributed by atoms with Crippen LogP contribution in [0.25, 0.3) is 0 Å². The lowest BCUT2D eigenvalue weighted by molar-refractivity contribution is -0.0462. The van der Waals surface area contributed by atoms with Crippen LogP contribution in [-0.4, -0.2) is 45.0 Å². The summed E-state index contributed by atoms with van der Waals surface area (Å²) in [4.78, 5) is 34.3. The number of aliphatic hydroxyl groups is 1. The number of hydrogen-bond donors (Lipinski definition) is 3. The zero-order chi connectivity index (χ0) is 16.3. The van der Waals surface area contributed by atoms with Crippen molar-refractivity contribution < 1.29 is 28.3 Å². The Kier molecular flexibility index (Phi) is 5.32. The van der Waals surface area contributed by atoms with Gasteiger partial charge in [-0.1, -0.05) is 0 Å². The van der Waals surface area contributed by atoms with Gasteiger partial charge >= 0.3 is 13.5 Å². The van der Waals surface area contributed by atoms with E-state index in [1.807, 2.05) is 0 Å². The van der Waals surface area contributed by atoms with Crippen molar-refractivity contribution in [3.05, 3.63) is 33.1 Å². The summed E-state index contributed by atoms with van der Waals surface area (Å²) in [6, 6.07) is 1.14. The monoisotopic (exact) mass is 336 g/mol. The van der Waals surface area contributed by atoms with E-state index in [0.717, 1.165) is 10.6 Å². The van der Waals surface area contributed by atoms with E-state index < -0.39 is 44.1 Å². The predicted molar refractivity (Wildman–Crippen MR) is 73.3 cm³/mol. The number of nitrogens with zero attached hydrogens (tertiary/aromatic N) is 1. The summed E-state index contributed by atoms with van der Waals surface area (Å²) in [7, 11) is -4.27. The Morgan fingerprint density at radius 2 is 2.27 bits per heavy atom. The van der Waals surface area contributed by atoms with Crippen molar-refractivity contribution in [3.63, 3.8) is 0 Å². The highest BCUT2D eigenvalue weighted by Gasteiger charge is 2.41. The minimum absolute atomic E-state index is 0.0199. The van der Waals surface area contributed by atoms with E-state index >= 15 is 0 Å². The van der Waals surface area contributed by atoms with Crippen LogP contribution < -0.4 is 11.2 Å². The Labute approximate surface area is 124 Å². The maximum atomic E-state index is 11.7. The summed E-state index contributed by atoms with van der Waals surface area (Å²) >= 11 is 0. The van der Waals surface area contributed by atoms with Crippen LogP contribution in [-0.2, 0) is 18.3 Å². The van der Waals surface area contributed by atoms with E-state index in [1.165, 1.54) is 13.1 Å². The number of nitrogens with one attached hydrogen (secondary N) is 1. The van der Waals surface area contributed by atoms with E-state index in [1.54, 1.807) is 0 Å². The maximum absolute atomic E-state index is 11.7. The summed E-state index contributed by atoms with van der Waals surface area (Å²) in [5.41, 5.74) is -1.24. The number of phosphoric acid groups is 1. The van der Waals surface area contributed by atoms with Crippen LogP contribution in [0.2, 0.25) is 0 Å². The molecule has 1 aliphatic rings. The summed E-state index contributed by atoms with van der Waals surface area (Å²) in [5.74, 6) is 0. The fraction of sp³-hybridized carbons (Fsp3) is 0.636. The Bertz CT molecular complexity index is 671. The lowest BCUT2D eigenvalue weighted by Gasteiger charge is -2.19.